The number of hydrogen-bond acceptors (Lipinski definition) is 7. The van der Waals surface area contributed by atoms with Gasteiger partial charge in [-0.2, -0.15) is 0 Å². The van der Waals surface area contributed by atoms with Gasteiger partial charge in [-0.3, -0.25) is 9.79 Å². The fourth-order valence-electron chi connectivity index (χ4n) is 4.65. The van der Waals surface area contributed by atoms with Crippen LogP contribution in [0.5, 0.6) is 17.4 Å². The van der Waals surface area contributed by atoms with Gasteiger partial charge in [0.2, 0.25) is 5.88 Å². The van der Waals surface area contributed by atoms with Crippen LogP contribution in [0.2, 0.25) is 0 Å². The monoisotopic (exact) mass is 424 g/mol. The first-order valence-corrected chi connectivity index (χ1v) is 10.6. The van der Waals surface area contributed by atoms with Crippen molar-refractivity contribution < 1.29 is 23.7 Å². The fraction of sp³-hybridized carbons (Fsp3) is 0.458. The minimum atomic E-state index is -0.242. The van der Waals surface area contributed by atoms with Crippen LogP contribution in [-0.2, 0) is 9.53 Å². The highest BCUT2D eigenvalue weighted by Crippen LogP contribution is 2.46. The van der Waals surface area contributed by atoms with Gasteiger partial charge in [-0.25, -0.2) is 4.98 Å². The Morgan fingerprint density at radius 3 is 2.68 bits per heavy atom. The third-order valence-corrected chi connectivity index (χ3v) is 5.90. The molecule has 0 spiro atoms. The van der Waals surface area contributed by atoms with E-state index in [-0.39, 0.29) is 24.0 Å². The van der Waals surface area contributed by atoms with Gasteiger partial charge in [0.1, 0.15) is 6.10 Å². The minimum absolute atomic E-state index is 0.0853. The van der Waals surface area contributed by atoms with Gasteiger partial charge in [-0.15, -0.1) is 0 Å². The maximum Gasteiger partial charge on any atom is 0.302 e. The van der Waals surface area contributed by atoms with Crippen LogP contribution in [0.15, 0.2) is 35.5 Å². The molecule has 3 atom stereocenters. The predicted molar refractivity (Wildman–Crippen MR) is 117 cm³/mol. The predicted octanol–water partition coefficient (Wildman–Crippen LogP) is 3.92. The molecular formula is C24H28N2O5. The van der Waals surface area contributed by atoms with Crippen LogP contribution in [0.3, 0.4) is 0 Å². The van der Waals surface area contributed by atoms with E-state index in [1.807, 2.05) is 25.1 Å². The van der Waals surface area contributed by atoms with Gasteiger partial charge in [-0.1, -0.05) is 0 Å². The Labute approximate surface area is 182 Å². The highest BCUT2D eigenvalue weighted by atomic mass is 16.5. The lowest BCUT2D eigenvalue weighted by molar-refractivity contribution is -0.148. The number of benzene rings is 1. The number of carbonyl (C=O) groups excluding carboxylic acids is 1. The van der Waals surface area contributed by atoms with Crippen LogP contribution >= 0.6 is 0 Å². The molecule has 4 rings (SSSR count). The van der Waals surface area contributed by atoms with Crippen molar-refractivity contribution in [3.8, 4) is 17.4 Å². The number of pyridine rings is 1. The molecule has 2 aromatic rings. The number of fused-ring (bicyclic) bond motifs is 3. The number of rotatable bonds is 6. The number of methoxy groups -OCH3 is 2. The molecule has 1 saturated carbocycles. The van der Waals surface area contributed by atoms with Crippen LogP contribution in [-0.4, -0.2) is 49.6 Å². The molecule has 1 aliphatic carbocycles. The van der Waals surface area contributed by atoms with Crippen LogP contribution in [0.25, 0.3) is 0 Å². The summed E-state index contributed by atoms with van der Waals surface area (Å²) in [5.74, 6) is 1.78. The lowest BCUT2D eigenvalue weighted by atomic mass is 9.74. The van der Waals surface area contributed by atoms with Gasteiger partial charge in [0.05, 0.1) is 38.1 Å². The highest BCUT2D eigenvalue weighted by molar-refractivity contribution is 6.16. The second-order valence-electron chi connectivity index (χ2n) is 7.78. The second kappa shape index (κ2) is 8.96. The summed E-state index contributed by atoms with van der Waals surface area (Å²) in [5, 5.41) is 0. The van der Waals surface area contributed by atoms with Crippen molar-refractivity contribution in [1.82, 2.24) is 4.98 Å². The minimum Gasteiger partial charge on any atom is -0.493 e. The Kier molecular flexibility index (Phi) is 6.11. The average Bonchev–Trinajstić information content (AvgIpc) is 2.78. The average molecular weight is 424 g/mol. The van der Waals surface area contributed by atoms with E-state index in [1.54, 1.807) is 20.4 Å². The maximum absolute atomic E-state index is 11.5. The summed E-state index contributed by atoms with van der Waals surface area (Å²) in [6.45, 7) is 3.95. The molecule has 1 aliphatic heterocycles. The number of aromatic nitrogens is 1. The van der Waals surface area contributed by atoms with Gasteiger partial charge in [-0.05, 0) is 56.0 Å². The number of hydrogen-bond donors (Lipinski definition) is 0. The summed E-state index contributed by atoms with van der Waals surface area (Å²) in [5.41, 5.74) is 3.78. The largest absolute Gasteiger partial charge is 0.493 e. The van der Waals surface area contributed by atoms with E-state index in [0.29, 0.717) is 24.0 Å². The third-order valence-electron chi connectivity index (χ3n) is 5.90. The zero-order valence-electron chi connectivity index (χ0n) is 18.4. The van der Waals surface area contributed by atoms with E-state index in [9.17, 15) is 4.79 Å². The molecule has 31 heavy (non-hydrogen) atoms. The Morgan fingerprint density at radius 2 is 1.97 bits per heavy atom. The first-order chi connectivity index (χ1) is 15.0. The summed E-state index contributed by atoms with van der Waals surface area (Å²) in [6.07, 6.45) is 3.97. The molecule has 2 aliphatic rings. The van der Waals surface area contributed by atoms with E-state index in [4.69, 9.17) is 23.9 Å². The topological polar surface area (TPSA) is 79.2 Å². The molecule has 164 valence electrons. The van der Waals surface area contributed by atoms with Crippen LogP contribution in [0.1, 0.15) is 55.7 Å². The number of ether oxygens (including phenoxy) is 4. The van der Waals surface area contributed by atoms with E-state index in [0.717, 1.165) is 41.7 Å². The SMILES string of the molecule is CCOc1cc2c(cc1OC)C(c1cccnc1OC)=NC1CCC(OC(C)=O)CC21. The smallest absolute Gasteiger partial charge is 0.302 e. The molecule has 1 aromatic carbocycles. The van der Waals surface area contributed by atoms with Crippen molar-refractivity contribution in [2.75, 3.05) is 20.8 Å². The molecule has 1 aromatic heterocycles. The van der Waals surface area contributed by atoms with E-state index in [1.165, 1.54) is 6.92 Å². The molecule has 3 unspecified atom stereocenters. The molecule has 0 N–H and O–H groups in total. The summed E-state index contributed by atoms with van der Waals surface area (Å²) >= 11 is 0. The van der Waals surface area contributed by atoms with Gasteiger partial charge < -0.3 is 18.9 Å². The number of esters is 1. The fourth-order valence-corrected chi connectivity index (χ4v) is 4.65. The lowest BCUT2D eigenvalue weighted by Crippen LogP contribution is -2.36. The summed E-state index contributed by atoms with van der Waals surface area (Å²) < 4.78 is 22.6. The Bertz CT molecular complexity index is 1000. The lowest BCUT2D eigenvalue weighted by Gasteiger charge is -2.38. The van der Waals surface area contributed by atoms with Gasteiger partial charge in [0.25, 0.3) is 0 Å². The van der Waals surface area contributed by atoms with Crippen molar-refractivity contribution >= 4 is 11.7 Å². The molecule has 7 heteroatoms. The normalized spacial score (nSPS) is 21.9. The summed E-state index contributed by atoms with van der Waals surface area (Å²) in [7, 11) is 3.25. The quantitative estimate of drug-likeness (QED) is 0.654. The highest BCUT2D eigenvalue weighted by Gasteiger charge is 2.39. The molecule has 0 saturated heterocycles. The molecule has 0 bridgehead atoms. The first-order valence-electron chi connectivity index (χ1n) is 10.6. The van der Waals surface area contributed by atoms with Crippen molar-refractivity contribution in [3.05, 3.63) is 47.2 Å². The van der Waals surface area contributed by atoms with Gasteiger partial charge in [0.15, 0.2) is 11.5 Å². The molecule has 0 amide bonds. The van der Waals surface area contributed by atoms with Gasteiger partial charge >= 0.3 is 5.97 Å². The maximum atomic E-state index is 11.5. The molecule has 0 radical (unpaired) electrons. The van der Waals surface area contributed by atoms with Crippen molar-refractivity contribution in [2.45, 2.75) is 51.2 Å². The molecule has 1 fully saturated rings. The van der Waals surface area contributed by atoms with Crippen molar-refractivity contribution in [1.29, 1.82) is 0 Å². The summed E-state index contributed by atoms with van der Waals surface area (Å²) in [4.78, 5) is 21.1. The van der Waals surface area contributed by atoms with E-state index < -0.39 is 0 Å². The standard InChI is InChI=1S/C24H28N2O5/c1-5-30-22-12-17-18-11-15(31-14(2)27)8-9-20(18)26-23(19(17)13-21(22)28-3)16-7-6-10-25-24(16)29-4/h6-7,10,12-13,15,18,20H,5,8-9,11H2,1-4H3. The first kappa shape index (κ1) is 21.2. The summed E-state index contributed by atoms with van der Waals surface area (Å²) in [6, 6.07) is 7.99. The van der Waals surface area contributed by atoms with E-state index in [2.05, 4.69) is 11.1 Å². The second-order valence-corrected chi connectivity index (χ2v) is 7.78. The van der Waals surface area contributed by atoms with Crippen LogP contribution in [0, 0.1) is 0 Å². The van der Waals surface area contributed by atoms with Crippen molar-refractivity contribution in [2.24, 2.45) is 4.99 Å². The molecule has 2 heterocycles. The molecular weight excluding hydrogens is 396 g/mol. The Balaban J connectivity index is 1.85. The number of carbonyl (C=O) groups is 1. The molecule has 7 nitrogen and oxygen atoms in total. The van der Waals surface area contributed by atoms with Gasteiger partial charge in [0, 0.05) is 24.6 Å². The third kappa shape index (κ3) is 4.09. The Hall–Kier alpha value is -3.09. The van der Waals surface area contributed by atoms with Crippen LogP contribution < -0.4 is 14.2 Å². The van der Waals surface area contributed by atoms with Crippen LogP contribution in [0.4, 0.5) is 0 Å². The van der Waals surface area contributed by atoms with E-state index >= 15 is 0 Å². The Morgan fingerprint density at radius 1 is 1.13 bits per heavy atom. The number of nitrogens with zero attached hydrogens (tertiary/aromatic N) is 2. The van der Waals surface area contributed by atoms with Crippen molar-refractivity contribution in [3.63, 3.8) is 0 Å². The number of aliphatic imine (C=N–C) groups is 1. The zero-order chi connectivity index (χ0) is 22.0. The zero-order valence-corrected chi connectivity index (χ0v) is 18.4.